The van der Waals surface area contributed by atoms with E-state index in [4.69, 9.17) is 15.6 Å². The number of aromatic nitrogens is 4. The number of nitrogens with zero attached hydrogens (tertiary/aromatic N) is 5. The van der Waals surface area contributed by atoms with Gasteiger partial charge >= 0.3 is 6.18 Å². The number of carbonyl (C=O) groups is 1. The van der Waals surface area contributed by atoms with Crippen LogP contribution in [0.1, 0.15) is 44.6 Å². The van der Waals surface area contributed by atoms with Gasteiger partial charge in [0.2, 0.25) is 0 Å². The molecule has 14 heteroatoms. The predicted molar refractivity (Wildman–Crippen MR) is 164 cm³/mol. The molecule has 1 saturated heterocycles. The van der Waals surface area contributed by atoms with E-state index in [0.29, 0.717) is 28.4 Å². The van der Waals surface area contributed by atoms with Gasteiger partial charge in [-0.3, -0.25) is 9.69 Å². The Labute approximate surface area is 259 Å². The molecule has 234 valence electrons. The first-order valence-corrected chi connectivity index (χ1v) is 15.0. The molecule has 1 aliphatic heterocycles. The number of nitrogen functional groups attached to an aromatic ring is 1. The van der Waals surface area contributed by atoms with Crippen LogP contribution in [0.4, 0.5) is 29.1 Å². The van der Waals surface area contributed by atoms with Gasteiger partial charge in [0, 0.05) is 35.0 Å². The maximum absolute atomic E-state index is 14.4. The monoisotopic (exact) mass is 639 g/mol. The minimum atomic E-state index is -4.73. The second kappa shape index (κ2) is 12.1. The van der Waals surface area contributed by atoms with Crippen LogP contribution in [-0.4, -0.2) is 50.8 Å². The van der Waals surface area contributed by atoms with E-state index in [1.54, 1.807) is 18.2 Å². The number of likely N-dealkylation sites (tertiary alicyclic amines) is 1. The Morgan fingerprint density at radius 1 is 1.11 bits per heavy atom. The highest BCUT2D eigenvalue weighted by Gasteiger charge is 2.32. The molecule has 0 saturated carbocycles. The van der Waals surface area contributed by atoms with Gasteiger partial charge in [0.1, 0.15) is 29.4 Å². The zero-order chi connectivity index (χ0) is 31.9. The lowest BCUT2D eigenvalue weighted by Gasteiger charge is -2.31. The summed E-state index contributed by atoms with van der Waals surface area (Å²) in [4.78, 5) is 26.6. The maximum atomic E-state index is 14.4. The zero-order valence-electron chi connectivity index (χ0n) is 24.4. The number of rotatable bonds is 7. The van der Waals surface area contributed by atoms with Gasteiger partial charge in [0.05, 0.1) is 35.4 Å². The lowest BCUT2D eigenvalue weighted by molar-refractivity contribution is -0.137. The summed E-state index contributed by atoms with van der Waals surface area (Å²) in [6, 6.07) is 11.0. The van der Waals surface area contributed by atoms with E-state index >= 15 is 0 Å². The second-order valence-corrected chi connectivity index (χ2v) is 12.2. The number of fused-ring (bicyclic) bond motifs is 1. The number of ether oxygens (including phenoxy) is 1. The first-order valence-electron chi connectivity index (χ1n) is 14.1. The maximum Gasteiger partial charge on any atom is 0.416 e. The number of hydrogen-bond acceptors (Lipinski definition) is 8. The van der Waals surface area contributed by atoms with Crippen LogP contribution in [0.15, 0.2) is 54.9 Å². The van der Waals surface area contributed by atoms with E-state index < -0.39 is 29.0 Å². The molecule has 0 aliphatic carbocycles. The van der Waals surface area contributed by atoms with Crippen molar-refractivity contribution in [3.63, 3.8) is 0 Å². The van der Waals surface area contributed by atoms with Crippen molar-refractivity contribution in [2.24, 2.45) is 0 Å². The number of anilines is 2. The molecule has 45 heavy (non-hydrogen) atoms. The first kappa shape index (κ1) is 30.5. The highest BCUT2D eigenvalue weighted by atomic mass is 32.1. The standard InChI is InChI=1S/C31H29F4N7O2S/c1-17-3-6-21(45-17)15-41-11-9-20(10-12-41)42-29-26(28(36)37-16-38-29)27(40-42)18-4-8-24(25(13-18)44-2)39-30(43)22-7-5-19(14-23(22)32)31(33,34)35/h3-8,13-14,16,20H,9-12,15H2,1-2H3,(H,39,43)(H2,36,37,38). The molecule has 1 aliphatic rings. The molecule has 6 rings (SSSR count). The van der Waals surface area contributed by atoms with Crippen molar-refractivity contribution in [1.82, 2.24) is 24.6 Å². The average Bonchev–Trinajstić information content (AvgIpc) is 3.61. The number of nitrogens with one attached hydrogen (secondary N) is 1. The zero-order valence-corrected chi connectivity index (χ0v) is 25.2. The Morgan fingerprint density at radius 2 is 1.89 bits per heavy atom. The van der Waals surface area contributed by atoms with Crippen LogP contribution in [0.3, 0.4) is 0 Å². The van der Waals surface area contributed by atoms with Crippen molar-refractivity contribution < 1.29 is 27.1 Å². The van der Waals surface area contributed by atoms with Gasteiger partial charge in [0.15, 0.2) is 5.65 Å². The molecule has 0 atom stereocenters. The largest absolute Gasteiger partial charge is 0.495 e. The Morgan fingerprint density at radius 3 is 2.56 bits per heavy atom. The highest BCUT2D eigenvalue weighted by Crippen LogP contribution is 2.38. The lowest BCUT2D eigenvalue weighted by atomic mass is 10.1. The van der Waals surface area contributed by atoms with Crippen molar-refractivity contribution in [2.75, 3.05) is 31.2 Å². The fourth-order valence-electron chi connectivity index (χ4n) is 5.57. The summed E-state index contributed by atoms with van der Waals surface area (Å²) < 4.78 is 60.7. The molecule has 5 aromatic rings. The number of halogens is 4. The Balaban J connectivity index is 1.25. The van der Waals surface area contributed by atoms with Gasteiger partial charge in [-0.2, -0.15) is 18.3 Å². The van der Waals surface area contributed by atoms with E-state index in [1.807, 2.05) is 16.0 Å². The number of amides is 1. The lowest BCUT2D eigenvalue weighted by Crippen LogP contribution is -2.34. The van der Waals surface area contributed by atoms with Crippen LogP contribution in [-0.2, 0) is 12.7 Å². The van der Waals surface area contributed by atoms with Crippen LogP contribution in [0.25, 0.3) is 22.3 Å². The molecule has 0 bridgehead atoms. The smallest absolute Gasteiger partial charge is 0.416 e. The fourth-order valence-corrected chi connectivity index (χ4v) is 6.50. The number of piperidine rings is 1. The van der Waals surface area contributed by atoms with E-state index in [9.17, 15) is 22.4 Å². The van der Waals surface area contributed by atoms with Gasteiger partial charge in [-0.25, -0.2) is 19.0 Å². The molecule has 0 spiro atoms. The summed E-state index contributed by atoms with van der Waals surface area (Å²) in [5.74, 6) is -1.73. The predicted octanol–water partition coefficient (Wildman–Crippen LogP) is 6.70. The minimum Gasteiger partial charge on any atom is -0.495 e. The summed E-state index contributed by atoms with van der Waals surface area (Å²) in [5.41, 5.74) is 6.54. The van der Waals surface area contributed by atoms with Crippen LogP contribution in [0.2, 0.25) is 0 Å². The Kier molecular flexibility index (Phi) is 8.18. The molecule has 0 radical (unpaired) electrons. The molecular weight excluding hydrogens is 610 g/mol. The number of carbonyl (C=O) groups excluding carboxylic acids is 1. The summed E-state index contributed by atoms with van der Waals surface area (Å²) in [6.45, 7) is 4.83. The summed E-state index contributed by atoms with van der Waals surface area (Å²) in [7, 11) is 1.40. The van der Waals surface area contributed by atoms with E-state index in [1.165, 1.54) is 23.2 Å². The van der Waals surface area contributed by atoms with Gasteiger partial charge in [-0.05, 0) is 62.2 Å². The van der Waals surface area contributed by atoms with Crippen molar-refractivity contribution in [3.8, 4) is 17.0 Å². The molecular formula is C31H29F4N7O2S. The average molecular weight is 640 g/mol. The SMILES string of the molecule is COc1cc(-c2nn(C3CCN(Cc4ccc(C)s4)CC3)c3ncnc(N)c23)ccc1NC(=O)c1ccc(C(F)(F)F)cc1F. The number of hydrogen-bond donors (Lipinski definition) is 2. The molecule has 1 amide bonds. The molecule has 3 N–H and O–H groups in total. The van der Waals surface area contributed by atoms with Crippen LogP contribution in [0.5, 0.6) is 5.75 Å². The quantitative estimate of drug-likeness (QED) is 0.191. The molecule has 9 nitrogen and oxygen atoms in total. The number of thiophene rings is 1. The normalized spacial score (nSPS) is 14.6. The third kappa shape index (κ3) is 6.20. The van der Waals surface area contributed by atoms with E-state index in [-0.39, 0.29) is 29.4 Å². The van der Waals surface area contributed by atoms with Gasteiger partial charge in [-0.15, -0.1) is 11.3 Å². The highest BCUT2D eigenvalue weighted by molar-refractivity contribution is 7.11. The second-order valence-electron chi connectivity index (χ2n) is 10.8. The molecule has 0 unspecified atom stereocenters. The van der Waals surface area contributed by atoms with Crippen LogP contribution < -0.4 is 15.8 Å². The van der Waals surface area contributed by atoms with Crippen molar-refractivity contribution in [1.29, 1.82) is 0 Å². The topological polar surface area (TPSA) is 111 Å². The third-order valence-corrected chi connectivity index (χ3v) is 8.85. The summed E-state index contributed by atoms with van der Waals surface area (Å²) in [5, 5.41) is 8.05. The fraction of sp³-hybridized carbons (Fsp3) is 0.290. The van der Waals surface area contributed by atoms with Crippen molar-refractivity contribution in [2.45, 2.75) is 38.5 Å². The van der Waals surface area contributed by atoms with Gasteiger partial charge in [-0.1, -0.05) is 6.07 Å². The van der Waals surface area contributed by atoms with Crippen molar-refractivity contribution in [3.05, 3.63) is 81.6 Å². The Hall–Kier alpha value is -4.56. The third-order valence-electron chi connectivity index (χ3n) is 7.86. The van der Waals surface area contributed by atoms with Crippen LogP contribution >= 0.6 is 11.3 Å². The molecule has 2 aromatic carbocycles. The van der Waals surface area contributed by atoms with E-state index in [2.05, 4.69) is 39.2 Å². The van der Waals surface area contributed by atoms with Gasteiger partial charge < -0.3 is 15.8 Å². The minimum absolute atomic E-state index is 0.0935. The number of benzene rings is 2. The number of methoxy groups -OCH3 is 1. The molecule has 1 fully saturated rings. The Bertz CT molecular complexity index is 1880. The molecule has 4 heterocycles. The summed E-state index contributed by atoms with van der Waals surface area (Å²) >= 11 is 1.81. The molecule has 3 aromatic heterocycles. The van der Waals surface area contributed by atoms with E-state index in [0.717, 1.165) is 38.5 Å². The number of nitrogens with two attached hydrogens (primary N) is 1. The van der Waals surface area contributed by atoms with Crippen molar-refractivity contribution >= 4 is 39.8 Å². The van der Waals surface area contributed by atoms with Gasteiger partial charge in [0.25, 0.3) is 5.91 Å². The number of aryl methyl sites for hydroxylation is 1. The van der Waals surface area contributed by atoms with Crippen LogP contribution in [0, 0.1) is 12.7 Å². The summed E-state index contributed by atoms with van der Waals surface area (Å²) in [6.07, 6.45) is -1.58. The number of alkyl halides is 3. The first-order chi connectivity index (χ1) is 21.5.